The van der Waals surface area contributed by atoms with Crippen LogP contribution in [0.25, 0.3) is 22.2 Å². The molecule has 0 fully saturated rings. The van der Waals surface area contributed by atoms with Crippen LogP contribution in [0.4, 0.5) is 8.78 Å². The molecule has 0 saturated carbocycles. The molecule has 34 heavy (non-hydrogen) atoms. The van der Waals surface area contributed by atoms with Gasteiger partial charge in [0.05, 0.1) is 16.3 Å². The summed E-state index contributed by atoms with van der Waals surface area (Å²) in [7, 11) is -3.48. The number of fused-ring (bicyclic) bond motifs is 1. The van der Waals surface area contributed by atoms with Gasteiger partial charge in [0.15, 0.2) is 21.4 Å². The van der Waals surface area contributed by atoms with E-state index in [0.29, 0.717) is 33.4 Å². The second kappa shape index (κ2) is 8.39. The smallest absolute Gasteiger partial charge is 0.290 e. The van der Waals surface area contributed by atoms with Crippen LogP contribution in [0.3, 0.4) is 0 Å². The van der Waals surface area contributed by atoms with Crippen LogP contribution in [0.2, 0.25) is 0 Å². The van der Waals surface area contributed by atoms with Crippen molar-refractivity contribution in [3.05, 3.63) is 82.8 Å². The first-order valence-corrected chi connectivity index (χ1v) is 12.3. The zero-order chi connectivity index (χ0) is 24.8. The fourth-order valence-electron chi connectivity index (χ4n) is 3.91. The number of rotatable bonds is 6. The molecule has 0 atom stereocenters. The zero-order valence-corrected chi connectivity index (χ0v) is 20.0. The van der Waals surface area contributed by atoms with Crippen LogP contribution in [0.1, 0.15) is 32.0 Å². The SMILES string of the molecule is CCS(=O)(=O)C(C)(C)c1ccc(Oc2ccc(F)cc2F)c(-c2cc(C)[n+]([O-])c3[nH]ccc23)c1. The first-order valence-electron chi connectivity index (χ1n) is 10.7. The third kappa shape index (κ3) is 3.90. The average molecular weight is 487 g/mol. The number of halogens is 2. The molecule has 2 heterocycles. The molecule has 0 aliphatic heterocycles. The van der Waals surface area contributed by atoms with Crippen LogP contribution < -0.4 is 9.47 Å². The average Bonchev–Trinajstić information content (AvgIpc) is 3.28. The zero-order valence-electron chi connectivity index (χ0n) is 19.1. The summed E-state index contributed by atoms with van der Waals surface area (Å²) in [4.78, 5) is 2.91. The molecule has 6 nitrogen and oxygen atoms in total. The van der Waals surface area contributed by atoms with Gasteiger partial charge in [-0.05, 0) is 62.7 Å². The number of ether oxygens (including phenoxy) is 1. The van der Waals surface area contributed by atoms with E-state index in [1.54, 1.807) is 64.2 Å². The van der Waals surface area contributed by atoms with Crippen LogP contribution in [-0.4, -0.2) is 19.2 Å². The van der Waals surface area contributed by atoms with Gasteiger partial charge in [0.2, 0.25) is 0 Å². The van der Waals surface area contributed by atoms with Crippen molar-refractivity contribution in [3.8, 4) is 22.6 Å². The van der Waals surface area contributed by atoms with E-state index in [1.165, 1.54) is 6.07 Å². The molecule has 1 N–H and O–H groups in total. The van der Waals surface area contributed by atoms with Gasteiger partial charge in [-0.2, -0.15) is 0 Å². The van der Waals surface area contributed by atoms with E-state index in [2.05, 4.69) is 4.98 Å². The molecule has 9 heteroatoms. The normalized spacial score (nSPS) is 12.3. The van der Waals surface area contributed by atoms with Crippen molar-refractivity contribution in [1.29, 1.82) is 0 Å². The van der Waals surface area contributed by atoms with Gasteiger partial charge < -0.3 is 9.94 Å². The molecule has 0 radical (unpaired) electrons. The summed E-state index contributed by atoms with van der Waals surface area (Å²) in [5.41, 5.74) is 2.30. The highest BCUT2D eigenvalue weighted by atomic mass is 32.2. The van der Waals surface area contributed by atoms with Crippen molar-refractivity contribution in [2.45, 2.75) is 32.4 Å². The molecule has 0 saturated heterocycles. The van der Waals surface area contributed by atoms with Crippen molar-refractivity contribution < 1.29 is 26.7 Å². The lowest BCUT2D eigenvalue weighted by Gasteiger charge is -2.26. The summed E-state index contributed by atoms with van der Waals surface area (Å²) in [5.74, 6) is -1.62. The van der Waals surface area contributed by atoms with Crippen LogP contribution in [0.5, 0.6) is 11.5 Å². The van der Waals surface area contributed by atoms with Crippen molar-refractivity contribution in [3.63, 3.8) is 0 Å². The molecule has 0 amide bonds. The number of hydrogen-bond donors (Lipinski definition) is 1. The molecule has 0 unspecified atom stereocenters. The molecule has 0 aliphatic rings. The van der Waals surface area contributed by atoms with E-state index in [9.17, 15) is 22.4 Å². The van der Waals surface area contributed by atoms with E-state index in [4.69, 9.17) is 4.74 Å². The minimum atomic E-state index is -3.48. The third-order valence-electron chi connectivity index (χ3n) is 6.13. The van der Waals surface area contributed by atoms with E-state index in [1.807, 2.05) is 0 Å². The number of aromatic amines is 1. The topological polar surface area (TPSA) is 86.1 Å². The molecule has 0 aliphatic carbocycles. The van der Waals surface area contributed by atoms with Gasteiger partial charge in [-0.25, -0.2) is 26.9 Å². The molecule has 0 bridgehead atoms. The van der Waals surface area contributed by atoms with Gasteiger partial charge in [0.1, 0.15) is 17.3 Å². The molecular formula is C25H24F2N2O4S. The fraction of sp³-hybridized carbons (Fsp3) is 0.240. The highest BCUT2D eigenvalue weighted by Crippen LogP contribution is 2.41. The molecular weight excluding hydrogens is 462 g/mol. The quantitative estimate of drug-likeness (QED) is 0.287. The number of pyridine rings is 1. The van der Waals surface area contributed by atoms with Gasteiger partial charge in [0, 0.05) is 22.9 Å². The number of nitrogens with one attached hydrogen (secondary N) is 1. The van der Waals surface area contributed by atoms with Crippen LogP contribution in [0, 0.1) is 23.8 Å². The lowest BCUT2D eigenvalue weighted by molar-refractivity contribution is -0.586. The van der Waals surface area contributed by atoms with E-state index in [-0.39, 0.29) is 17.3 Å². The molecule has 2 aromatic carbocycles. The number of aryl methyl sites for hydroxylation is 1. The first-order chi connectivity index (χ1) is 16.0. The van der Waals surface area contributed by atoms with E-state index < -0.39 is 26.2 Å². The lowest BCUT2D eigenvalue weighted by atomic mass is 9.94. The Balaban J connectivity index is 1.99. The fourth-order valence-corrected chi connectivity index (χ4v) is 5.12. The Hall–Kier alpha value is -3.46. The number of aromatic nitrogens is 2. The van der Waals surface area contributed by atoms with Gasteiger partial charge in [-0.1, -0.05) is 13.0 Å². The minimum absolute atomic E-state index is 0.0446. The molecule has 4 rings (SSSR count). The van der Waals surface area contributed by atoms with E-state index >= 15 is 0 Å². The highest BCUT2D eigenvalue weighted by molar-refractivity contribution is 7.92. The summed E-state index contributed by atoms with van der Waals surface area (Å²) in [5, 5.41) is 13.1. The Bertz CT molecular complexity index is 1510. The Labute approximate surface area is 196 Å². The molecule has 4 aromatic rings. The standard InChI is InChI=1S/C25H24F2N2O4S/c1-5-34(31,32)25(3,4)16-6-8-22(33-23-9-7-17(26)14-21(23)27)20(13-16)19-12-15(2)29(30)24-18(19)10-11-28-24/h6-14,28H,5H2,1-4H3. The summed E-state index contributed by atoms with van der Waals surface area (Å²) in [6.07, 6.45) is 1.62. The Morgan fingerprint density at radius 1 is 1.03 bits per heavy atom. The Morgan fingerprint density at radius 2 is 1.74 bits per heavy atom. The Kier molecular flexibility index (Phi) is 5.85. The largest absolute Gasteiger partial charge is 0.710 e. The van der Waals surface area contributed by atoms with Crippen LogP contribution in [-0.2, 0) is 14.6 Å². The predicted octanol–water partition coefficient (Wildman–Crippen LogP) is 5.52. The highest BCUT2D eigenvalue weighted by Gasteiger charge is 2.35. The van der Waals surface area contributed by atoms with Gasteiger partial charge in [-0.3, -0.25) is 0 Å². The minimum Gasteiger partial charge on any atom is -0.710 e. The predicted molar refractivity (Wildman–Crippen MR) is 126 cm³/mol. The van der Waals surface area contributed by atoms with Gasteiger partial charge in [-0.15, -0.1) is 0 Å². The Morgan fingerprint density at radius 3 is 2.41 bits per heavy atom. The second-order valence-corrected chi connectivity index (χ2v) is 11.4. The third-order valence-corrected chi connectivity index (χ3v) is 8.68. The van der Waals surface area contributed by atoms with E-state index in [0.717, 1.165) is 16.9 Å². The number of benzene rings is 2. The summed E-state index contributed by atoms with van der Waals surface area (Å²) < 4.78 is 58.8. The second-order valence-electron chi connectivity index (χ2n) is 8.54. The van der Waals surface area contributed by atoms with Crippen molar-refractivity contribution in [2.24, 2.45) is 0 Å². The van der Waals surface area contributed by atoms with Gasteiger partial charge in [0.25, 0.3) is 5.65 Å². The number of sulfone groups is 1. The molecule has 2 aromatic heterocycles. The summed E-state index contributed by atoms with van der Waals surface area (Å²) >= 11 is 0. The maximum Gasteiger partial charge on any atom is 0.290 e. The summed E-state index contributed by atoms with van der Waals surface area (Å²) in [6, 6.07) is 11.2. The molecule has 178 valence electrons. The number of H-pyrrole nitrogens is 1. The van der Waals surface area contributed by atoms with Crippen LogP contribution in [0.15, 0.2) is 54.7 Å². The maximum atomic E-state index is 14.4. The van der Waals surface area contributed by atoms with Crippen molar-refractivity contribution in [2.75, 3.05) is 5.75 Å². The summed E-state index contributed by atoms with van der Waals surface area (Å²) in [6.45, 7) is 6.48. The molecule has 0 spiro atoms. The maximum absolute atomic E-state index is 14.4. The number of nitrogens with zero attached hydrogens (tertiary/aromatic N) is 1. The first kappa shape index (κ1) is 23.7. The van der Waals surface area contributed by atoms with Crippen molar-refractivity contribution >= 4 is 20.9 Å². The van der Waals surface area contributed by atoms with Gasteiger partial charge >= 0.3 is 0 Å². The number of hydrogen-bond acceptors (Lipinski definition) is 4. The van der Waals surface area contributed by atoms with Crippen LogP contribution >= 0.6 is 0 Å². The lowest BCUT2D eigenvalue weighted by Crippen LogP contribution is -2.31. The van der Waals surface area contributed by atoms with Crippen molar-refractivity contribution in [1.82, 2.24) is 4.98 Å². The monoisotopic (exact) mass is 486 g/mol.